The van der Waals surface area contributed by atoms with Gasteiger partial charge in [-0.25, -0.2) is 5.01 Å². The number of aryl methyl sites for hydroxylation is 2. The van der Waals surface area contributed by atoms with Gasteiger partial charge in [0.05, 0.1) is 17.6 Å². The van der Waals surface area contributed by atoms with Crippen LogP contribution < -0.4 is 5.01 Å². The maximum Gasteiger partial charge on any atom is 0.0678 e. The van der Waals surface area contributed by atoms with Crippen LogP contribution in [-0.4, -0.2) is 10.8 Å². The number of rotatable bonds is 2. The van der Waals surface area contributed by atoms with Crippen LogP contribution in [0.2, 0.25) is 0 Å². The van der Waals surface area contributed by atoms with Crippen LogP contribution in [0.25, 0.3) is 11.4 Å². The van der Waals surface area contributed by atoms with Gasteiger partial charge in [-0.05, 0) is 57.5 Å². The number of nitrogens with zero attached hydrogens (tertiary/aromatic N) is 3. The summed E-state index contributed by atoms with van der Waals surface area (Å²) in [5.41, 5.74) is 10.3. The largest absolute Gasteiger partial charge is 0.317 e. The molecule has 3 nitrogen and oxygen atoms in total. The van der Waals surface area contributed by atoms with Crippen molar-refractivity contribution in [1.82, 2.24) is 4.57 Å². The maximum atomic E-state index is 4.68. The lowest BCUT2D eigenvalue weighted by atomic mass is 10.0. The van der Waals surface area contributed by atoms with Gasteiger partial charge in [0, 0.05) is 28.2 Å². The average molecular weight is 341 g/mol. The lowest BCUT2D eigenvalue weighted by Gasteiger charge is -2.25. The lowest BCUT2D eigenvalue weighted by molar-refractivity contribution is 0.961. The van der Waals surface area contributed by atoms with E-state index < -0.39 is 0 Å². The third kappa shape index (κ3) is 2.48. The third-order valence-electron chi connectivity index (χ3n) is 5.08. The smallest absolute Gasteiger partial charge is 0.0678 e. The summed E-state index contributed by atoms with van der Waals surface area (Å²) < 4.78 is 2.29. The first-order valence-electron chi connectivity index (χ1n) is 8.86. The summed E-state index contributed by atoms with van der Waals surface area (Å²) in [6.07, 6.45) is 1.96. The predicted molar refractivity (Wildman–Crippen MR) is 110 cm³/mol. The van der Waals surface area contributed by atoms with Crippen molar-refractivity contribution < 1.29 is 0 Å². The van der Waals surface area contributed by atoms with E-state index in [1.54, 1.807) is 0 Å². The number of hydrogen-bond acceptors (Lipinski definition) is 2. The molecule has 3 heteroatoms. The molecule has 0 radical (unpaired) electrons. The van der Waals surface area contributed by atoms with Gasteiger partial charge in [0.25, 0.3) is 0 Å². The molecule has 3 aromatic rings. The van der Waals surface area contributed by atoms with Gasteiger partial charge in [-0.2, -0.15) is 5.10 Å². The molecule has 2 heterocycles. The summed E-state index contributed by atoms with van der Waals surface area (Å²) in [4.78, 5) is 0. The highest BCUT2D eigenvalue weighted by Crippen LogP contribution is 2.36. The molecule has 1 aliphatic heterocycles. The quantitative estimate of drug-likeness (QED) is 0.600. The van der Waals surface area contributed by atoms with E-state index in [0.717, 1.165) is 16.9 Å². The van der Waals surface area contributed by atoms with Crippen LogP contribution in [0, 0.1) is 27.7 Å². The van der Waals surface area contributed by atoms with Crippen LogP contribution in [0.15, 0.2) is 60.2 Å². The Kier molecular flexibility index (Phi) is 3.80. The molecule has 26 heavy (non-hydrogen) atoms. The SMILES string of the molecule is C=C1c2c(c(C)n(-c3ccc(C)cc3)c2C)C=NN1c1cccc(C)c1. The minimum absolute atomic E-state index is 0.916. The van der Waals surface area contributed by atoms with E-state index in [1.165, 1.54) is 33.8 Å². The summed E-state index contributed by atoms with van der Waals surface area (Å²) in [5.74, 6) is 0. The van der Waals surface area contributed by atoms with E-state index in [1.807, 2.05) is 11.2 Å². The molecule has 1 aromatic heterocycles. The first-order chi connectivity index (χ1) is 12.5. The molecule has 1 aliphatic rings. The van der Waals surface area contributed by atoms with E-state index in [0.29, 0.717) is 0 Å². The van der Waals surface area contributed by atoms with Gasteiger partial charge in [-0.3, -0.25) is 0 Å². The summed E-state index contributed by atoms with van der Waals surface area (Å²) >= 11 is 0. The average Bonchev–Trinajstić information content (AvgIpc) is 2.88. The molecule has 130 valence electrons. The van der Waals surface area contributed by atoms with Crippen molar-refractivity contribution in [2.75, 3.05) is 5.01 Å². The normalized spacial score (nSPS) is 13.2. The second-order valence-electron chi connectivity index (χ2n) is 6.97. The fourth-order valence-electron chi connectivity index (χ4n) is 3.74. The zero-order valence-electron chi connectivity index (χ0n) is 15.7. The minimum Gasteiger partial charge on any atom is -0.317 e. The second-order valence-corrected chi connectivity index (χ2v) is 6.97. The van der Waals surface area contributed by atoms with E-state index in [9.17, 15) is 0 Å². The molecule has 0 aliphatic carbocycles. The van der Waals surface area contributed by atoms with Crippen LogP contribution in [-0.2, 0) is 0 Å². The lowest BCUT2D eigenvalue weighted by Crippen LogP contribution is -2.19. The van der Waals surface area contributed by atoms with Gasteiger partial charge in [-0.1, -0.05) is 36.4 Å². The molecular formula is C23H23N3. The molecule has 0 atom stereocenters. The van der Waals surface area contributed by atoms with Crippen molar-refractivity contribution in [2.24, 2.45) is 5.10 Å². The molecule has 0 saturated carbocycles. The number of hydrogen-bond donors (Lipinski definition) is 0. The molecule has 0 N–H and O–H groups in total. The van der Waals surface area contributed by atoms with Crippen LogP contribution in [0.4, 0.5) is 5.69 Å². The van der Waals surface area contributed by atoms with Crippen LogP contribution >= 0.6 is 0 Å². The Bertz CT molecular complexity index is 1040. The topological polar surface area (TPSA) is 20.5 Å². The number of aromatic nitrogens is 1. The molecule has 0 amide bonds. The number of anilines is 1. The van der Waals surface area contributed by atoms with Crippen molar-refractivity contribution in [3.8, 4) is 5.69 Å². The fraction of sp³-hybridized carbons (Fsp3) is 0.174. The Balaban J connectivity index is 1.84. The van der Waals surface area contributed by atoms with Gasteiger partial charge in [0.2, 0.25) is 0 Å². The molecule has 0 saturated heterocycles. The highest BCUT2D eigenvalue weighted by atomic mass is 15.5. The Morgan fingerprint density at radius 1 is 0.808 bits per heavy atom. The summed E-state index contributed by atoms with van der Waals surface area (Å²) in [6, 6.07) is 17.0. The monoisotopic (exact) mass is 341 g/mol. The van der Waals surface area contributed by atoms with E-state index in [4.69, 9.17) is 0 Å². The number of hydrazone groups is 1. The molecule has 2 aromatic carbocycles. The van der Waals surface area contributed by atoms with Crippen LogP contribution in [0.5, 0.6) is 0 Å². The van der Waals surface area contributed by atoms with Crippen molar-refractivity contribution in [1.29, 1.82) is 0 Å². The summed E-state index contributed by atoms with van der Waals surface area (Å²) in [5, 5.41) is 6.61. The van der Waals surface area contributed by atoms with Crippen LogP contribution in [0.1, 0.15) is 33.6 Å². The van der Waals surface area contributed by atoms with Gasteiger partial charge in [-0.15, -0.1) is 0 Å². The van der Waals surface area contributed by atoms with Crippen molar-refractivity contribution in [3.63, 3.8) is 0 Å². The van der Waals surface area contributed by atoms with Crippen LogP contribution in [0.3, 0.4) is 0 Å². The second kappa shape index (κ2) is 6.03. The maximum absolute atomic E-state index is 4.68. The molecule has 4 rings (SSSR count). The van der Waals surface area contributed by atoms with E-state index in [-0.39, 0.29) is 0 Å². The van der Waals surface area contributed by atoms with Gasteiger partial charge in [0.15, 0.2) is 0 Å². The number of benzene rings is 2. The number of fused-ring (bicyclic) bond motifs is 1. The van der Waals surface area contributed by atoms with E-state index >= 15 is 0 Å². The van der Waals surface area contributed by atoms with E-state index in [2.05, 4.69) is 92.5 Å². The van der Waals surface area contributed by atoms with Crippen molar-refractivity contribution >= 4 is 17.6 Å². The minimum atomic E-state index is 0.916. The zero-order chi connectivity index (χ0) is 18.4. The van der Waals surface area contributed by atoms with Gasteiger partial charge < -0.3 is 4.57 Å². The molecule has 0 unspecified atom stereocenters. The first-order valence-corrected chi connectivity index (χ1v) is 8.86. The Morgan fingerprint density at radius 2 is 1.54 bits per heavy atom. The van der Waals surface area contributed by atoms with Gasteiger partial charge in [0.1, 0.15) is 0 Å². The summed E-state index contributed by atoms with van der Waals surface area (Å²) in [7, 11) is 0. The Labute approximate surface area is 154 Å². The standard InChI is InChI=1S/C23H23N3/c1-15-9-11-20(12-10-15)25-17(3)22-14-24-26(19(5)23(22)18(25)4)21-8-6-7-16(2)13-21/h6-14H,5H2,1-4H3. The molecule has 0 spiro atoms. The highest BCUT2D eigenvalue weighted by Gasteiger charge is 2.26. The summed E-state index contributed by atoms with van der Waals surface area (Å²) in [6.45, 7) is 12.9. The Hall–Kier alpha value is -3.07. The third-order valence-corrected chi connectivity index (χ3v) is 5.08. The highest BCUT2D eigenvalue weighted by molar-refractivity contribution is 5.98. The van der Waals surface area contributed by atoms with Gasteiger partial charge >= 0.3 is 0 Å². The fourth-order valence-corrected chi connectivity index (χ4v) is 3.74. The zero-order valence-corrected chi connectivity index (χ0v) is 15.7. The molecule has 0 bridgehead atoms. The van der Waals surface area contributed by atoms with Crippen molar-refractivity contribution in [3.05, 3.63) is 88.8 Å². The Morgan fingerprint density at radius 3 is 2.23 bits per heavy atom. The molecule has 0 fully saturated rings. The molecular weight excluding hydrogens is 318 g/mol. The first kappa shape index (κ1) is 16.4. The van der Waals surface area contributed by atoms with Crippen molar-refractivity contribution in [2.45, 2.75) is 27.7 Å². The predicted octanol–water partition coefficient (Wildman–Crippen LogP) is 5.54.